The number of para-hydroxylation sites is 1. The second-order valence-electron chi connectivity index (χ2n) is 4.80. The summed E-state index contributed by atoms with van der Waals surface area (Å²) in [7, 11) is 0. The fraction of sp³-hybridized carbons (Fsp3) is 0.0556. The molecule has 6 nitrogen and oxygen atoms in total. The Morgan fingerprint density at radius 1 is 1.12 bits per heavy atom. The van der Waals surface area contributed by atoms with Gasteiger partial charge in [-0.05, 0) is 42.0 Å². The second-order valence-corrected chi connectivity index (χ2v) is 4.80. The molecule has 0 saturated carbocycles. The molecule has 2 amide bonds. The zero-order valence-electron chi connectivity index (χ0n) is 13.2. The normalized spacial score (nSPS) is 10.3. The van der Waals surface area contributed by atoms with Crippen molar-refractivity contribution in [1.29, 1.82) is 0 Å². The highest BCUT2D eigenvalue weighted by molar-refractivity contribution is 6.39. The number of nitrogens with one attached hydrogen (secondary N) is 2. The standard InChI is InChI=1S/C18H16FN3O3/c1-2-11-25-14-9-7-13(8-10-14)12-20-22-18(24)17(23)21-16-6-4-3-5-15(16)19/h2-10,12H,1,11H2,(H,21,23)(H,22,24)/b20-12-. The Labute approximate surface area is 144 Å². The molecule has 0 bridgehead atoms. The summed E-state index contributed by atoms with van der Waals surface area (Å²) in [6.07, 6.45) is 3.00. The fourth-order valence-corrected chi connectivity index (χ4v) is 1.76. The fourth-order valence-electron chi connectivity index (χ4n) is 1.76. The quantitative estimate of drug-likeness (QED) is 0.367. The van der Waals surface area contributed by atoms with Gasteiger partial charge in [-0.2, -0.15) is 5.10 Å². The van der Waals surface area contributed by atoms with E-state index in [2.05, 4.69) is 22.4 Å². The van der Waals surface area contributed by atoms with E-state index >= 15 is 0 Å². The van der Waals surface area contributed by atoms with Crippen LogP contribution in [0.25, 0.3) is 0 Å². The van der Waals surface area contributed by atoms with E-state index in [1.54, 1.807) is 30.3 Å². The van der Waals surface area contributed by atoms with Gasteiger partial charge in [-0.1, -0.05) is 24.8 Å². The molecule has 2 N–H and O–H groups in total. The van der Waals surface area contributed by atoms with Crippen molar-refractivity contribution < 1.29 is 18.7 Å². The molecule has 0 radical (unpaired) electrons. The monoisotopic (exact) mass is 341 g/mol. The van der Waals surface area contributed by atoms with Crippen LogP contribution >= 0.6 is 0 Å². The van der Waals surface area contributed by atoms with E-state index in [9.17, 15) is 14.0 Å². The smallest absolute Gasteiger partial charge is 0.329 e. The van der Waals surface area contributed by atoms with Crippen molar-refractivity contribution in [2.24, 2.45) is 5.10 Å². The van der Waals surface area contributed by atoms with Crippen molar-refractivity contribution in [3.05, 3.63) is 72.6 Å². The number of carbonyl (C=O) groups excluding carboxylic acids is 2. The highest BCUT2D eigenvalue weighted by atomic mass is 19.1. The van der Waals surface area contributed by atoms with Gasteiger partial charge in [-0.15, -0.1) is 0 Å². The lowest BCUT2D eigenvalue weighted by molar-refractivity contribution is -0.136. The lowest BCUT2D eigenvalue weighted by atomic mass is 10.2. The minimum Gasteiger partial charge on any atom is -0.490 e. The number of hydrogen-bond acceptors (Lipinski definition) is 4. The van der Waals surface area contributed by atoms with E-state index in [1.165, 1.54) is 30.5 Å². The number of hydrogen-bond donors (Lipinski definition) is 2. The van der Waals surface area contributed by atoms with Crippen molar-refractivity contribution in [2.45, 2.75) is 0 Å². The van der Waals surface area contributed by atoms with Crippen LogP contribution < -0.4 is 15.5 Å². The predicted octanol–water partition coefficient (Wildman–Crippen LogP) is 2.48. The van der Waals surface area contributed by atoms with Gasteiger partial charge in [0.05, 0.1) is 11.9 Å². The Bertz CT molecular complexity index is 788. The first-order valence-corrected chi connectivity index (χ1v) is 7.33. The highest BCUT2D eigenvalue weighted by Crippen LogP contribution is 2.12. The van der Waals surface area contributed by atoms with Crippen molar-refractivity contribution in [1.82, 2.24) is 5.43 Å². The van der Waals surface area contributed by atoms with Crippen molar-refractivity contribution in [2.75, 3.05) is 11.9 Å². The van der Waals surface area contributed by atoms with Crippen LogP contribution in [-0.2, 0) is 9.59 Å². The molecule has 128 valence electrons. The van der Waals surface area contributed by atoms with E-state index in [0.29, 0.717) is 17.9 Å². The van der Waals surface area contributed by atoms with E-state index in [0.717, 1.165) is 0 Å². The van der Waals surface area contributed by atoms with Gasteiger partial charge in [0.15, 0.2) is 0 Å². The molecule has 0 aromatic heterocycles. The SMILES string of the molecule is C=CCOc1ccc(/C=N\NC(=O)C(=O)Nc2ccccc2F)cc1. The molecule has 0 fully saturated rings. The highest BCUT2D eigenvalue weighted by Gasteiger charge is 2.14. The number of amides is 2. The van der Waals surface area contributed by atoms with Gasteiger partial charge >= 0.3 is 11.8 Å². The average Bonchev–Trinajstić information content (AvgIpc) is 2.62. The maximum atomic E-state index is 13.4. The Hall–Kier alpha value is -3.48. The third kappa shape index (κ3) is 5.58. The summed E-state index contributed by atoms with van der Waals surface area (Å²) in [4.78, 5) is 23.3. The second kappa shape index (κ2) is 8.97. The zero-order chi connectivity index (χ0) is 18.1. The number of nitrogens with zero attached hydrogens (tertiary/aromatic N) is 1. The first-order chi connectivity index (χ1) is 12.1. The van der Waals surface area contributed by atoms with Crippen LogP contribution in [0, 0.1) is 5.82 Å². The van der Waals surface area contributed by atoms with Crippen LogP contribution in [0.3, 0.4) is 0 Å². The van der Waals surface area contributed by atoms with Gasteiger partial charge in [0.2, 0.25) is 0 Å². The number of benzene rings is 2. The predicted molar refractivity (Wildman–Crippen MR) is 92.9 cm³/mol. The Balaban J connectivity index is 1.86. The van der Waals surface area contributed by atoms with E-state index < -0.39 is 17.6 Å². The maximum Gasteiger partial charge on any atom is 0.329 e. The van der Waals surface area contributed by atoms with Crippen molar-refractivity contribution in [3.63, 3.8) is 0 Å². The van der Waals surface area contributed by atoms with Crippen LogP contribution in [0.1, 0.15) is 5.56 Å². The number of anilines is 1. The topological polar surface area (TPSA) is 79.8 Å². The lowest BCUT2D eigenvalue weighted by Gasteiger charge is -2.04. The number of ether oxygens (including phenoxy) is 1. The molecule has 0 aliphatic carbocycles. The molecule has 0 heterocycles. The van der Waals surface area contributed by atoms with Crippen LogP contribution in [0.2, 0.25) is 0 Å². The van der Waals surface area contributed by atoms with Crippen LogP contribution in [0.5, 0.6) is 5.75 Å². The van der Waals surface area contributed by atoms with Gasteiger partial charge in [0, 0.05) is 0 Å². The van der Waals surface area contributed by atoms with Gasteiger partial charge < -0.3 is 10.1 Å². The molecule has 0 saturated heterocycles. The molecule has 0 aliphatic heterocycles. The molecule has 7 heteroatoms. The third-order valence-corrected chi connectivity index (χ3v) is 2.96. The molecular formula is C18H16FN3O3. The molecule has 25 heavy (non-hydrogen) atoms. The van der Waals surface area contributed by atoms with Crippen molar-refractivity contribution >= 4 is 23.7 Å². The number of halogens is 1. The van der Waals surface area contributed by atoms with Gasteiger partial charge in [-0.3, -0.25) is 9.59 Å². The van der Waals surface area contributed by atoms with Crippen LogP contribution in [-0.4, -0.2) is 24.6 Å². The van der Waals surface area contributed by atoms with Crippen LogP contribution in [0.15, 0.2) is 66.3 Å². The molecule has 0 atom stereocenters. The van der Waals surface area contributed by atoms with Gasteiger partial charge in [-0.25, -0.2) is 9.82 Å². The van der Waals surface area contributed by atoms with Gasteiger partial charge in [0.25, 0.3) is 0 Å². The Morgan fingerprint density at radius 3 is 2.52 bits per heavy atom. The van der Waals surface area contributed by atoms with E-state index in [1.807, 2.05) is 0 Å². The summed E-state index contributed by atoms with van der Waals surface area (Å²) in [6.45, 7) is 3.96. The minimum absolute atomic E-state index is 0.0817. The number of rotatable bonds is 6. The third-order valence-electron chi connectivity index (χ3n) is 2.96. The minimum atomic E-state index is -1.02. The Morgan fingerprint density at radius 2 is 1.84 bits per heavy atom. The zero-order valence-corrected chi connectivity index (χ0v) is 13.2. The molecule has 0 unspecified atom stereocenters. The van der Waals surface area contributed by atoms with Crippen molar-refractivity contribution in [3.8, 4) is 5.75 Å². The summed E-state index contributed by atoms with van der Waals surface area (Å²) < 4.78 is 18.7. The average molecular weight is 341 g/mol. The first-order valence-electron chi connectivity index (χ1n) is 7.33. The summed E-state index contributed by atoms with van der Waals surface area (Å²) in [5.74, 6) is -1.99. The molecule has 0 aliphatic rings. The first kappa shape index (κ1) is 17.9. The van der Waals surface area contributed by atoms with Gasteiger partial charge in [0.1, 0.15) is 18.2 Å². The van der Waals surface area contributed by atoms with E-state index in [4.69, 9.17) is 4.74 Å². The summed E-state index contributed by atoms with van der Waals surface area (Å²) in [5, 5.41) is 5.84. The molecular weight excluding hydrogens is 325 g/mol. The number of hydrazone groups is 1. The summed E-state index contributed by atoms with van der Waals surface area (Å²) >= 11 is 0. The molecule has 2 aromatic rings. The summed E-state index contributed by atoms with van der Waals surface area (Å²) in [6, 6.07) is 12.5. The maximum absolute atomic E-state index is 13.4. The molecule has 2 rings (SSSR count). The number of carbonyl (C=O) groups is 2. The summed E-state index contributed by atoms with van der Waals surface area (Å²) in [5.41, 5.74) is 2.68. The Kier molecular flexibility index (Phi) is 6.41. The van der Waals surface area contributed by atoms with E-state index in [-0.39, 0.29) is 5.69 Å². The lowest BCUT2D eigenvalue weighted by Crippen LogP contribution is -2.32. The molecule has 2 aromatic carbocycles. The van der Waals surface area contributed by atoms with Crippen LogP contribution in [0.4, 0.5) is 10.1 Å². The largest absolute Gasteiger partial charge is 0.490 e. The molecule has 0 spiro atoms.